The topological polar surface area (TPSA) is 56.7 Å². The van der Waals surface area contributed by atoms with Gasteiger partial charge in [0, 0.05) is 18.1 Å². The smallest absolute Gasteiger partial charge is 0.0723 e. The number of fused-ring (bicyclic) bond motifs is 1. The molecule has 3 aromatic rings. The highest BCUT2D eigenvalue weighted by molar-refractivity contribution is 5.79. The molecule has 0 spiro atoms. The van der Waals surface area contributed by atoms with Crippen molar-refractivity contribution in [1.82, 2.24) is 14.8 Å². The van der Waals surface area contributed by atoms with Gasteiger partial charge in [0.2, 0.25) is 0 Å². The summed E-state index contributed by atoms with van der Waals surface area (Å²) in [5.74, 6) is 0. The van der Waals surface area contributed by atoms with Gasteiger partial charge in [0.15, 0.2) is 0 Å². The predicted octanol–water partition coefficient (Wildman–Crippen LogP) is 3.06. The fourth-order valence-corrected chi connectivity index (χ4v) is 2.62. The van der Waals surface area contributed by atoms with Crippen molar-refractivity contribution in [1.29, 1.82) is 0 Å². The van der Waals surface area contributed by atoms with E-state index in [-0.39, 0.29) is 6.04 Å². The molecule has 1 unspecified atom stereocenters. The second kappa shape index (κ2) is 5.66. The van der Waals surface area contributed by atoms with E-state index in [4.69, 9.17) is 5.73 Å². The first-order valence-electron chi connectivity index (χ1n) is 7.39. The highest BCUT2D eigenvalue weighted by Crippen LogP contribution is 2.24. The molecule has 0 aliphatic rings. The van der Waals surface area contributed by atoms with E-state index in [2.05, 4.69) is 48.2 Å². The van der Waals surface area contributed by atoms with Gasteiger partial charge in [-0.1, -0.05) is 19.1 Å². The molecule has 0 fully saturated rings. The quantitative estimate of drug-likeness (QED) is 0.799. The van der Waals surface area contributed by atoms with Crippen LogP contribution in [0.3, 0.4) is 0 Å². The minimum absolute atomic E-state index is 0.164. The van der Waals surface area contributed by atoms with E-state index in [1.165, 1.54) is 0 Å². The van der Waals surface area contributed by atoms with Crippen LogP contribution < -0.4 is 5.73 Å². The minimum atomic E-state index is -0.164. The summed E-state index contributed by atoms with van der Waals surface area (Å²) in [5, 5.41) is 5.69. The monoisotopic (exact) mass is 280 g/mol. The first-order chi connectivity index (χ1) is 10.2. The van der Waals surface area contributed by atoms with Gasteiger partial charge in [-0.25, -0.2) is 0 Å². The van der Waals surface area contributed by atoms with Crippen molar-refractivity contribution >= 4 is 10.9 Å². The van der Waals surface area contributed by atoms with Gasteiger partial charge in [-0.15, -0.1) is 0 Å². The summed E-state index contributed by atoms with van der Waals surface area (Å²) in [6.45, 7) is 5.03. The summed E-state index contributed by atoms with van der Waals surface area (Å²) in [6.07, 6.45) is 2.73. The highest BCUT2D eigenvalue weighted by atomic mass is 15.3. The SMILES string of the molecule is CCc1cc(C(N)c2ccc3ncccc3c2)n(CC)n1. The van der Waals surface area contributed by atoms with E-state index in [0.29, 0.717) is 0 Å². The van der Waals surface area contributed by atoms with Gasteiger partial charge in [-0.3, -0.25) is 9.67 Å². The van der Waals surface area contributed by atoms with Crippen molar-refractivity contribution in [2.45, 2.75) is 32.9 Å². The van der Waals surface area contributed by atoms with Crippen LogP contribution in [-0.2, 0) is 13.0 Å². The lowest BCUT2D eigenvalue weighted by molar-refractivity contribution is 0.595. The van der Waals surface area contributed by atoms with Crippen LogP contribution in [0, 0.1) is 0 Å². The summed E-state index contributed by atoms with van der Waals surface area (Å²) < 4.78 is 2.00. The summed E-state index contributed by atoms with van der Waals surface area (Å²) in [4.78, 5) is 4.35. The number of rotatable bonds is 4. The molecular weight excluding hydrogens is 260 g/mol. The Hall–Kier alpha value is -2.20. The number of nitrogens with two attached hydrogens (primary N) is 1. The maximum absolute atomic E-state index is 6.47. The van der Waals surface area contributed by atoms with Crippen molar-refractivity contribution in [3.63, 3.8) is 0 Å². The number of aromatic nitrogens is 3. The lowest BCUT2D eigenvalue weighted by Crippen LogP contribution is -2.17. The van der Waals surface area contributed by atoms with Gasteiger partial charge in [0.1, 0.15) is 0 Å². The van der Waals surface area contributed by atoms with E-state index < -0.39 is 0 Å². The normalized spacial score (nSPS) is 12.7. The number of pyridine rings is 1. The molecule has 4 heteroatoms. The number of hydrogen-bond donors (Lipinski definition) is 1. The molecule has 2 N–H and O–H groups in total. The highest BCUT2D eigenvalue weighted by Gasteiger charge is 2.16. The van der Waals surface area contributed by atoms with E-state index in [1.807, 2.05) is 23.0 Å². The van der Waals surface area contributed by atoms with Crippen LogP contribution in [0.2, 0.25) is 0 Å². The maximum atomic E-state index is 6.47. The Morgan fingerprint density at radius 3 is 2.81 bits per heavy atom. The molecule has 108 valence electrons. The summed E-state index contributed by atoms with van der Waals surface area (Å²) in [6, 6.07) is 12.2. The average molecular weight is 280 g/mol. The third-order valence-corrected chi connectivity index (χ3v) is 3.83. The van der Waals surface area contributed by atoms with Crippen LogP contribution in [0.1, 0.15) is 36.8 Å². The standard InChI is InChI=1S/C17H20N4/c1-3-14-11-16(21(4-2)20-14)17(18)13-7-8-15-12(10-13)6-5-9-19-15/h5-11,17H,3-4,18H2,1-2H3. The van der Waals surface area contributed by atoms with Crippen LogP contribution in [0.15, 0.2) is 42.6 Å². The van der Waals surface area contributed by atoms with Crippen LogP contribution in [0.25, 0.3) is 10.9 Å². The molecule has 2 heterocycles. The Labute approximate surface area is 124 Å². The fraction of sp³-hybridized carbons (Fsp3) is 0.294. The van der Waals surface area contributed by atoms with E-state index in [9.17, 15) is 0 Å². The summed E-state index contributed by atoms with van der Waals surface area (Å²) in [5.41, 5.74) is 10.7. The van der Waals surface area contributed by atoms with Gasteiger partial charge in [-0.2, -0.15) is 5.10 Å². The van der Waals surface area contributed by atoms with Gasteiger partial charge < -0.3 is 5.73 Å². The summed E-state index contributed by atoms with van der Waals surface area (Å²) >= 11 is 0. The third-order valence-electron chi connectivity index (χ3n) is 3.83. The molecule has 0 amide bonds. The molecule has 0 aliphatic heterocycles. The summed E-state index contributed by atoms with van der Waals surface area (Å²) in [7, 11) is 0. The predicted molar refractivity (Wildman–Crippen MR) is 85.1 cm³/mol. The van der Waals surface area contributed by atoms with E-state index in [1.54, 1.807) is 0 Å². The zero-order chi connectivity index (χ0) is 14.8. The molecule has 0 aliphatic carbocycles. The molecule has 1 atom stereocenters. The maximum Gasteiger partial charge on any atom is 0.0723 e. The zero-order valence-corrected chi connectivity index (χ0v) is 12.5. The first-order valence-corrected chi connectivity index (χ1v) is 7.39. The van der Waals surface area contributed by atoms with E-state index >= 15 is 0 Å². The second-order valence-electron chi connectivity index (χ2n) is 5.16. The van der Waals surface area contributed by atoms with Crippen molar-refractivity contribution < 1.29 is 0 Å². The van der Waals surface area contributed by atoms with Crippen molar-refractivity contribution in [3.05, 3.63) is 59.5 Å². The lowest BCUT2D eigenvalue weighted by atomic mass is 10.0. The Morgan fingerprint density at radius 1 is 1.19 bits per heavy atom. The van der Waals surface area contributed by atoms with Crippen LogP contribution in [0.5, 0.6) is 0 Å². The molecule has 0 radical (unpaired) electrons. The van der Waals surface area contributed by atoms with Gasteiger partial charge in [0.05, 0.1) is 22.9 Å². The molecule has 0 saturated carbocycles. The fourth-order valence-electron chi connectivity index (χ4n) is 2.62. The van der Waals surface area contributed by atoms with E-state index in [0.717, 1.165) is 40.8 Å². The first kappa shape index (κ1) is 13.8. The molecule has 2 aromatic heterocycles. The van der Waals surface area contributed by atoms with Crippen molar-refractivity contribution in [2.75, 3.05) is 0 Å². The Bertz CT molecular complexity index is 760. The minimum Gasteiger partial charge on any atom is -0.319 e. The molecule has 4 nitrogen and oxygen atoms in total. The molecule has 3 rings (SSSR count). The van der Waals surface area contributed by atoms with Crippen LogP contribution in [-0.4, -0.2) is 14.8 Å². The van der Waals surface area contributed by atoms with Gasteiger partial charge >= 0.3 is 0 Å². The Balaban J connectivity index is 2.03. The largest absolute Gasteiger partial charge is 0.319 e. The number of benzene rings is 1. The van der Waals surface area contributed by atoms with Crippen LogP contribution in [0.4, 0.5) is 0 Å². The molecular formula is C17H20N4. The van der Waals surface area contributed by atoms with Crippen molar-refractivity contribution in [2.24, 2.45) is 5.73 Å². The molecule has 0 saturated heterocycles. The third kappa shape index (κ3) is 2.54. The number of nitrogens with zero attached hydrogens (tertiary/aromatic N) is 3. The Morgan fingerprint density at radius 2 is 2.05 bits per heavy atom. The Kier molecular flexibility index (Phi) is 3.71. The van der Waals surface area contributed by atoms with Crippen LogP contribution >= 0.6 is 0 Å². The molecule has 0 bridgehead atoms. The molecule has 1 aromatic carbocycles. The molecule has 21 heavy (non-hydrogen) atoms. The average Bonchev–Trinajstić information content (AvgIpc) is 2.97. The second-order valence-corrected chi connectivity index (χ2v) is 5.16. The number of aryl methyl sites for hydroxylation is 2. The number of hydrogen-bond acceptors (Lipinski definition) is 3. The van der Waals surface area contributed by atoms with Gasteiger partial charge in [-0.05, 0) is 43.2 Å². The lowest BCUT2D eigenvalue weighted by Gasteiger charge is -2.14. The van der Waals surface area contributed by atoms with Crippen molar-refractivity contribution in [3.8, 4) is 0 Å². The van der Waals surface area contributed by atoms with Gasteiger partial charge in [0.25, 0.3) is 0 Å². The zero-order valence-electron chi connectivity index (χ0n) is 12.5.